The number of pyridine rings is 2. The summed E-state index contributed by atoms with van der Waals surface area (Å²) in [4.78, 5) is 8.66. The van der Waals surface area contributed by atoms with Crippen LogP contribution < -0.4 is 10.1 Å². The van der Waals surface area contributed by atoms with Crippen molar-refractivity contribution < 1.29 is 4.74 Å². The van der Waals surface area contributed by atoms with E-state index in [2.05, 4.69) is 39.6 Å². The van der Waals surface area contributed by atoms with Crippen molar-refractivity contribution in [3.63, 3.8) is 0 Å². The molecule has 4 nitrogen and oxygen atoms in total. The van der Waals surface area contributed by atoms with Crippen molar-refractivity contribution in [1.82, 2.24) is 15.3 Å². The van der Waals surface area contributed by atoms with Crippen LogP contribution in [-0.4, -0.2) is 17.1 Å². The predicted octanol–water partition coefficient (Wildman–Crippen LogP) is 2.93. The molecule has 0 saturated carbocycles. The average molecular weight is 279 g/mol. The molecule has 0 fully saturated rings. The highest BCUT2D eigenvalue weighted by atomic mass is 16.5. The number of methoxy groups -OCH3 is 1. The number of hydrogen-bond acceptors (Lipinski definition) is 4. The monoisotopic (exact) mass is 279 g/mol. The Balaban J connectivity index is 1.66. The summed E-state index contributed by atoms with van der Waals surface area (Å²) >= 11 is 0. The zero-order chi connectivity index (χ0) is 14.5. The maximum atomic E-state index is 5.05. The molecule has 0 unspecified atom stereocenters. The van der Waals surface area contributed by atoms with Crippen molar-refractivity contribution in [2.75, 3.05) is 7.11 Å². The van der Waals surface area contributed by atoms with Gasteiger partial charge in [0.1, 0.15) is 0 Å². The standard InChI is InChI=1S/C17H17N3O/c1-21-16-8-7-13(11-20-16)10-18-12-15-5-2-4-14-6-3-9-19-17(14)15/h2-9,11,18H,10,12H2,1H3. The van der Waals surface area contributed by atoms with E-state index in [4.69, 9.17) is 4.74 Å². The molecule has 3 rings (SSSR count). The van der Waals surface area contributed by atoms with Gasteiger partial charge >= 0.3 is 0 Å². The lowest BCUT2D eigenvalue weighted by atomic mass is 10.1. The van der Waals surface area contributed by atoms with E-state index >= 15 is 0 Å². The molecule has 2 heterocycles. The lowest BCUT2D eigenvalue weighted by molar-refractivity contribution is 0.397. The smallest absolute Gasteiger partial charge is 0.212 e. The highest BCUT2D eigenvalue weighted by Crippen LogP contribution is 2.15. The van der Waals surface area contributed by atoms with E-state index in [1.54, 1.807) is 7.11 Å². The Hall–Kier alpha value is -2.46. The first-order valence-electron chi connectivity index (χ1n) is 6.89. The maximum Gasteiger partial charge on any atom is 0.212 e. The van der Waals surface area contributed by atoms with E-state index in [-0.39, 0.29) is 0 Å². The van der Waals surface area contributed by atoms with Gasteiger partial charge in [0.2, 0.25) is 5.88 Å². The molecule has 0 aliphatic heterocycles. The highest BCUT2D eigenvalue weighted by molar-refractivity contribution is 5.81. The van der Waals surface area contributed by atoms with Crippen LogP contribution in [0.5, 0.6) is 5.88 Å². The van der Waals surface area contributed by atoms with Crippen LogP contribution in [0.1, 0.15) is 11.1 Å². The number of nitrogens with zero attached hydrogens (tertiary/aromatic N) is 2. The zero-order valence-corrected chi connectivity index (χ0v) is 11.9. The summed E-state index contributed by atoms with van der Waals surface area (Å²) in [7, 11) is 1.62. The highest BCUT2D eigenvalue weighted by Gasteiger charge is 2.01. The Morgan fingerprint density at radius 2 is 1.90 bits per heavy atom. The molecular formula is C17H17N3O. The summed E-state index contributed by atoms with van der Waals surface area (Å²) in [5, 5.41) is 4.60. The van der Waals surface area contributed by atoms with Gasteiger partial charge in [0.25, 0.3) is 0 Å². The second-order valence-corrected chi connectivity index (χ2v) is 4.80. The number of fused-ring (bicyclic) bond motifs is 1. The molecule has 4 heteroatoms. The van der Waals surface area contributed by atoms with Crippen LogP contribution in [0, 0.1) is 0 Å². The van der Waals surface area contributed by atoms with Crippen molar-refractivity contribution in [3.05, 3.63) is 66.0 Å². The van der Waals surface area contributed by atoms with Gasteiger partial charge in [-0.2, -0.15) is 0 Å². The van der Waals surface area contributed by atoms with E-state index in [1.165, 1.54) is 10.9 Å². The first-order valence-corrected chi connectivity index (χ1v) is 6.89. The lowest BCUT2D eigenvalue weighted by Crippen LogP contribution is -2.13. The summed E-state index contributed by atoms with van der Waals surface area (Å²) in [6.07, 6.45) is 3.66. The molecule has 3 aromatic rings. The number of hydrogen-bond donors (Lipinski definition) is 1. The molecule has 1 N–H and O–H groups in total. The second kappa shape index (κ2) is 6.33. The van der Waals surface area contributed by atoms with Crippen molar-refractivity contribution >= 4 is 10.9 Å². The van der Waals surface area contributed by atoms with Gasteiger partial charge in [-0.25, -0.2) is 4.98 Å². The van der Waals surface area contributed by atoms with Gasteiger partial charge < -0.3 is 10.1 Å². The molecular weight excluding hydrogens is 262 g/mol. The molecule has 0 spiro atoms. The van der Waals surface area contributed by atoms with Gasteiger partial charge in [0, 0.05) is 36.9 Å². The number of ether oxygens (including phenoxy) is 1. The molecule has 0 radical (unpaired) electrons. The molecule has 0 saturated heterocycles. The summed E-state index contributed by atoms with van der Waals surface area (Å²) in [5.41, 5.74) is 3.39. The number of rotatable bonds is 5. The zero-order valence-electron chi connectivity index (χ0n) is 11.9. The van der Waals surface area contributed by atoms with Gasteiger partial charge in [0.05, 0.1) is 12.6 Å². The average Bonchev–Trinajstić information content (AvgIpc) is 2.56. The minimum atomic E-state index is 0.636. The molecule has 0 bridgehead atoms. The molecule has 21 heavy (non-hydrogen) atoms. The number of para-hydroxylation sites is 1. The third-order valence-electron chi connectivity index (χ3n) is 3.37. The molecule has 0 atom stereocenters. The van der Waals surface area contributed by atoms with E-state index in [9.17, 15) is 0 Å². The fourth-order valence-corrected chi connectivity index (χ4v) is 2.29. The van der Waals surface area contributed by atoms with Crippen molar-refractivity contribution in [3.8, 4) is 5.88 Å². The van der Waals surface area contributed by atoms with E-state index in [0.29, 0.717) is 5.88 Å². The Bertz CT molecular complexity index is 720. The van der Waals surface area contributed by atoms with E-state index < -0.39 is 0 Å². The van der Waals surface area contributed by atoms with Gasteiger partial charge in [0.15, 0.2) is 0 Å². The summed E-state index contributed by atoms with van der Waals surface area (Å²) in [6, 6.07) is 14.2. The first kappa shape index (κ1) is 13.5. The normalized spacial score (nSPS) is 10.7. The van der Waals surface area contributed by atoms with Crippen molar-refractivity contribution in [2.24, 2.45) is 0 Å². The Labute approximate surface area is 123 Å². The van der Waals surface area contributed by atoms with Crippen molar-refractivity contribution in [1.29, 1.82) is 0 Å². The quantitative estimate of drug-likeness (QED) is 0.780. The van der Waals surface area contributed by atoms with Crippen LogP contribution >= 0.6 is 0 Å². The van der Waals surface area contributed by atoms with E-state index in [0.717, 1.165) is 24.2 Å². The van der Waals surface area contributed by atoms with Gasteiger partial charge in [-0.1, -0.05) is 30.3 Å². The largest absolute Gasteiger partial charge is 0.481 e. The van der Waals surface area contributed by atoms with Crippen LogP contribution in [0.25, 0.3) is 10.9 Å². The SMILES string of the molecule is COc1ccc(CNCc2cccc3cccnc23)cn1. The minimum Gasteiger partial charge on any atom is -0.481 e. The molecule has 106 valence electrons. The fraction of sp³-hybridized carbons (Fsp3) is 0.176. The molecule has 1 aromatic carbocycles. The number of nitrogens with one attached hydrogen (secondary N) is 1. The van der Waals surface area contributed by atoms with Gasteiger partial charge in [-0.05, 0) is 17.2 Å². The van der Waals surface area contributed by atoms with Crippen molar-refractivity contribution in [2.45, 2.75) is 13.1 Å². The van der Waals surface area contributed by atoms with Crippen LogP contribution in [0.2, 0.25) is 0 Å². The van der Waals surface area contributed by atoms with Crippen LogP contribution in [-0.2, 0) is 13.1 Å². The van der Waals surface area contributed by atoms with E-state index in [1.807, 2.05) is 30.6 Å². The first-order chi connectivity index (χ1) is 10.4. The summed E-state index contributed by atoms with van der Waals surface area (Å²) in [6.45, 7) is 1.54. The van der Waals surface area contributed by atoms with Gasteiger partial charge in [-0.3, -0.25) is 4.98 Å². The van der Waals surface area contributed by atoms with Crippen LogP contribution in [0.15, 0.2) is 54.9 Å². The molecule has 2 aromatic heterocycles. The summed E-state index contributed by atoms with van der Waals surface area (Å²) in [5.74, 6) is 0.636. The minimum absolute atomic E-state index is 0.636. The number of aromatic nitrogens is 2. The Kier molecular flexibility index (Phi) is 4.07. The molecule has 0 aliphatic rings. The lowest BCUT2D eigenvalue weighted by Gasteiger charge is -2.08. The molecule has 0 amide bonds. The topological polar surface area (TPSA) is 47.0 Å². The third kappa shape index (κ3) is 3.17. The second-order valence-electron chi connectivity index (χ2n) is 4.80. The fourth-order valence-electron chi connectivity index (χ4n) is 2.29. The van der Waals surface area contributed by atoms with Crippen LogP contribution in [0.4, 0.5) is 0 Å². The van der Waals surface area contributed by atoms with Crippen LogP contribution in [0.3, 0.4) is 0 Å². The Morgan fingerprint density at radius 1 is 1.00 bits per heavy atom. The van der Waals surface area contributed by atoms with Gasteiger partial charge in [-0.15, -0.1) is 0 Å². The maximum absolute atomic E-state index is 5.05. The molecule has 0 aliphatic carbocycles. The summed E-state index contributed by atoms with van der Waals surface area (Å²) < 4.78 is 5.05. The number of benzene rings is 1. The third-order valence-corrected chi connectivity index (χ3v) is 3.37. The predicted molar refractivity (Wildman–Crippen MR) is 83.1 cm³/mol. The Morgan fingerprint density at radius 3 is 2.71 bits per heavy atom.